The van der Waals surface area contributed by atoms with Crippen molar-refractivity contribution in [1.82, 2.24) is 20.5 Å². The minimum atomic E-state index is -1.95. The van der Waals surface area contributed by atoms with Gasteiger partial charge in [-0.15, -0.1) is 11.3 Å². The molecule has 2 aromatic rings. The van der Waals surface area contributed by atoms with Crippen molar-refractivity contribution in [3.8, 4) is 16.2 Å². The number of likely N-dealkylation sites (tertiary alicyclic amines) is 1. The number of rotatable bonds is 13. The van der Waals surface area contributed by atoms with Crippen LogP contribution in [0, 0.1) is 12.3 Å². The summed E-state index contributed by atoms with van der Waals surface area (Å²) >= 11 is 1.52. The van der Waals surface area contributed by atoms with Gasteiger partial charge in [-0.25, -0.2) is 9.37 Å². The third kappa shape index (κ3) is 7.97. The fourth-order valence-corrected chi connectivity index (χ4v) is 5.89. The quantitative estimate of drug-likeness (QED) is 0.231. The van der Waals surface area contributed by atoms with Crippen LogP contribution in [-0.2, 0) is 25.7 Å². The summed E-state index contributed by atoms with van der Waals surface area (Å²) in [6.07, 6.45) is 2.10. The molecule has 1 aliphatic heterocycles. The van der Waals surface area contributed by atoms with E-state index >= 15 is 0 Å². The molecule has 12 heteroatoms. The lowest BCUT2D eigenvalue weighted by molar-refractivity contribution is -0.145. The molecule has 3 amide bonds. The predicted molar refractivity (Wildman–Crippen MR) is 160 cm³/mol. The van der Waals surface area contributed by atoms with Crippen molar-refractivity contribution in [2.24, 2.45) is 5.41 Å². The first-order valence-corrected chi connectivity index (χ1v) is 15.6. The number of benzene rings is 1. The number of β-amino-alcohol motifs (C(OH)–C–C–N with tert-alkyl or cyclic N) is 1. The van der Waals surface area contributed by atoms with Crippen molar-refractivity contribution in [2.75, 3.05) is 13.2 Å². The van der Waals surface area contributed by atoms with Gasteiger partial charge in [0.05, 0.1) is 28.8 Å². The summed E-state index contributed by atoms with van der Waals surface area (Å²) in [6, 6.07) is 3.68. The average Bonchev–Trinajstić information content (AvgIpc) is 3.37. The van der Waals surface area contributed by atoms with Crippen LogP contribution >= 0.6 is 11.3 Å². The van der Waals surface area contributed by atoms with Crippen LogP contribution < -0.4 is 15.4 Å². The van der Waals surface area contributed by atoms with Gasteiger partial charge >= 0.3 is 0 Å². The van der Waals surface area contributed by atoms with Gasteiger partial charge < -0.3 is 30.2 Å². The highest BCUT2D eigenvalue weighted by atomic mass is 32.1. The van der Waals surface area contributed by atoms with Crippen LogP contribution in [0.3, 0.4) is 0 Å². The van der Waals surface area contributed by atoms with Crippen molar-refractivity contribution in [1.29, 1.82) is 0 Å². The third-order valence-corrected chi connectivity index (χ3v) is 8.83. The molecule has 1 aliphatic carbocycles. The number of aryl methyl sites for hydroxylation is 1. The molecule has 1 aromatic carbocycles. The Kier molecular flexibility index (Phi) is 10.2. The zero-order valence-corrected chi connectivity index (χ0v) is 26.0. The monoisotopic (exact) mass is 616 g/mol. The molecule has 1 saturated heterocycles. The summed E-state index contributed by atoms with van der Waals surface area (Å²) in [6.45, 7) is 7.64. The minimum absolute atomic E-state index is 0.0408. The van der Waals surface area contributed by atoms with Crippen molar-refractivity contribution in [2.45, 2.75) is 96.6 Å². The number of unbranched alkanes of at least 4 members (excludes halogenated alkanes) is 2. The number of carbonyl (C=O) groups is 4. The van der Waals surface area contributed by atoms with Gasteiger partial charge in [0, 0.05) is 31.5 Å². The van der Waals surface area contributed by atoms with E-state index in [9.17, 15) is 28.7 Å². The number of halogens is 1. The van der Waals surface area contributed by atoms with E-state index in [4.69, 9.17) is 4.74 Å². The molecule has 0 bridgehead atoms. The Morgan fingerprint density at radius 1 is 1.28 bits per heavy atom. The average molecular weight is 617 g/mol. The fraction of sp³-hybridized carbons (Fsp3) is 0.581. The Hall–Kier alpha value is -3.38. The molecule has 0 radical (unpaired) electrons. The molecule has 43 heavy (non-hydrogen) atoms. The van der Waals surface area contributed by atoms with Crippen LogP contribution in [-0.4, -0.2) is 76.0 Å². The standard InChI is InChI=1S/C31H41FN4O6S/c1-19-25(43-18-34-19)20-8-9-21(24(14-20)42-13-7-5-6-12-37)16-33-27(39)23-15-22(38)17-36(23)28(40)26(30(2,3)4)35-29(41)31(32)10-11-31/h8-9,12,14,18,22-23,26,38H,5-7,10-11,13,15-17H2,1-4H3,(H,33,39)(H,35,41)/t22?,23-,26?/m0/s1. The van der Waals surface area contributed by atoms with E-state index < -0.39 is 47.0 Å². The smallest absolute Gasteiger partial charge is 0.258 e. The van der Waals surface area contributed by atoms with Crippen LogP contribution in [0.5, 0.6) is 5.75 Å². The Balaban J connectivity index is 1.48. The Morgan fingerprint density at radius 2 is 2.02 bits per heavy atom. The lowest BCUT2D eigenvalue weighted by Gasteiger charge is -2.35. The van der Waals surface area contributed by atoms with Crippen molar-refractivity contribution in [3.63, 3.8) is 0 Å². The second kappa shape index (κ2) is 13.5. The highest BCUT2D eigenvalue weighted by Crippen LogP contribution is 2.40. The molecule has 1 aromatic heterocycles. The minimum Gasteiger partial charge on any atom is -0.493 e. The maximum absolute atomic E-state index is 14.4. The number of thiazole rings is 1. The first-order valence-electron chi connectivity index (χ1n) is 14.7. The molecule has 3 atom stereocenters. The van der Waals surface area contributed by atoms with E-state index in [1.807, 2.05) is 25.1 Å². The van der Waals surface area contributed by atoms with E-state index in [0.29, 0.717) is 31.6 Å². The second-order valence-corrected chi connectivity index (χ2v) is 13.3. The molecular formula is C31H41FN4O6S. The van der Waals surface area contributed by atoms with Gasteiger partial charge in [-0.2, -0.15) is 0 Å². The van der Waals surface area contributed by atoms with Crippen LogP contribution in [0.1, 0.15) is 70.6 Å². The van der Waals surface area contributed by atoms with Crippen LogP contribution in [0.2, 0.25) is 0 Å². The number of hydrogen-bond donors (Lipinski definition) is 3. The van der Waals surface area contributed by atoms with E-state index in [1.54, 1.807) is 26.3 Å². The van der Waals surface area contributed by atoms with Gasteiger partial charge in [0.15, 0.2) is 5.67 Å². The first-order chi connectivity index (χ1) is 20.3. The molecule has 10 nitrogen and oxygen atoms in total. The first kappa shape index (κ1) is 32.5. The predicted octanol–water partition coefficient (Wildman–Crippen LogP) is 3.48. The summed E-state index contributed by atoms with van der Waals surface area (Å²) in [4.78, 5) is 56.9. The maximum atomic E-state index is 14.4. The lowest BCUT2D eigenvalue weighted by atomic mass is 9.85. The van der Waals surface area contributed by atoms with Gasteiger partial charge in [0.1, 0.15) is 24.1 Å². The summed E-state index contributed by atoms with van der Waals surface area (Å²) < 4.78 is 20.5. The third-order valence-electron chi connectivity index (χ3n) is 7.85. The largest absolute Gasteiger partial charge is 0.493 e. The Bertz CT molecular complexity index is 1340. The van der Waals surface area contributed by atoms with E-state index in [-0.39, 0.29) is 32.4 Å². The number of aldehydes is 1. The number of alkyl halides is 1. The lowest BCUT2D eigenvalue weighted by Crippen LogP contribution is -2.59. The van der Waals surface area contributed by atoms with Crippen molar-refractivity contribution < 1.29 is 33.4 Å². The zero-order chi connectivity index (χ0) is 31.4. The SMILES string of the molecule is Cc1ncsc1-c1ccc(CNC(=O)[C@@H]2CC(O)CN2C(=O)C(NC(=O)C2(F)CC2)C(C)(C)C)c(OCCCCC=O)c1. The maximum Gasteiger partial charge on any atom is 0.258 e. The molecule has 4 rings (SSSR count). The van der Waals surface area contributed by atoms with Crippen molar-refractivity contribution >= 4 is 35.3 Å². The number of nitrogens with one attached hydrogen (secondary N) is 2. The number of carbonyl (C=O) groups excluding carboxylic acids is 4. The molecule has 2 heterocycles. The molecule has 1 saturated carbocycles. The molecule has 0 spiro atoms. The topological polar surface area (TPSA) is 138 Å². The summed E-state index contributed by atoms with van der Waals surface area (Å²) in [5, 5.41) is 15.9. The van der Waals surface area contributed by atoms with Crippen LogP contribution in [0.25, 0.3) is 10.4 Å². The normalized spacial score (nSPS) is 19.9. The van der Waals surface area contributed by atoms with E-state index in [0.717, 1.165) is 28.0 Å². The number of ether oxygens (including phenoxy) is 1. The Labute approximate surface area is 255 Å². The number of nitrogens with zero attached hydrogens (tertiary/aromatic N) is 2. The zero-order valence-electron chi connectivity index (χ0n) is 25.2. The fourth-order valence-electron chi connectivity index (χ4n) is 5.08. The molecule has 2 fully saturated rings. The molecule has 2 aliphatic rings. The number of amides is 3. The summed E-state index contributed by atoms with van der Waals surface area (Å²) in [5.74, 6) is -1.22. The number of aliphatic hydroxyl groups is 1. The molecule has 234 valence electrons. The molecule has 2 unspecified atom stereocenters. The van der Waals surface area contributed by atoms with Crippen LogP contribution in [0.4, 0.5) is 4.39 Å². The molecular weight excluding hydrogens is 575 g/mol. The van der Waals surface area contributed by atoms with Crippen LogP contribution in [0.15, 0.2) is 23.7 Å². The summed E-state index contributed by atoms with van der Waals surface area (Å²) in [7, 11) is 0. The second-order valence-electron chi connectivity index (χ2n) is 12.5. The summed E-state index contributed by atoms with van der Waals surface area (Å²) in [5.41, 5.74) is 1.62. The van der Waals surface area contributed by atoms with Crippen molar-refractivity contribution in [3.05, 3.63) is 35.0 Å². The number of hydrogen-bond acceptors (Lipinski definition) is 8. The Morgan fingerprint density at radius 3 is 2.65 bits per heavy atom. The molecule has 3 N–H and O–H groups in total. The van der Waals surface area contributed by atoms with E-state index in [2.05, 4.69) is 15.6 Å². The van der Waals surface area contributed by atoms with Gasteiger partial charge in [-0.3, -0.25) is 14.4 Å². The van der Waals surface area contributed by atoms with Gasteiger partial charge in [-0.1, -0.05) is 32.9 Å². The van der Waals surface area contributed by atoms with E-state index in [1.165, 1.54) is 16.2 Å². The van der Waals surface area contributed by atoms with Gasteiger partial charge in [0.25, 0.3) is 5.91 Å². The highest BCUT2D eigenvalue weighted by Gasteiger charge is 2.53. The number of aliphatic hydroxyl groups excluding tert-OH is 1. The highest BCUT2D eigenvalue weighted by molar-refractivity contribution is 7.13. The van der Waals surface area contributed by atoms with Gasteiger partial charge in [0.2, 0.25) is 11.8 Å². The van der Waals surface area contributed by atoms with Gasteiger partial charge in [-0.05, 0) is 49.7 Å². The number of aromatic nitrogens is 1.